The van der Waals surface area contributed by atoms with Crippen molar-refractivity contribution >= 4 is 0 Å². The lowest BCUT2D eigenvalue weighted by atomic mass is 9.97. The van der Waals surface area contributed by atoms with Gasteiger partial charge in [0.25, 0.3) is 0 Å². The van der Waals surface area contributed by atoms with Gasteiger partial charge in [0.2, 0.25) is 0 Å². The molecular weight excluding hydrogens is 246 g/mol. The molecule has 1 aromatic carbocycles. The summed E-state index contributed by atoms with van der Waals surface area (Å²) in [4.78, 5) is 5.54. The fourth-order valence-corrected chi connectivity index (χ4v) is 4.54. The Labute approximate surface area is 121 Å². The largest absolute Gasteiger partial charge is 0.314 e. The SMILES string of the molecule is c1ccc(C2CNCCN2C2CCN3CCCC23)cc1. The Morgan fingerprint density at radius 1 is 0.950 bits per heavy atom. The number of nitrogens with one attached hydrogen (secondary N) is 1. The molecule has 20 heavy (non-hydrogen) atoms. The van der Waals surface area contributed by atoms with Crippen LogP contribution in [0.15, 0.2) is 30.3 Å². The summed E-state index contributed by atoms with van der Waals surface area (Å²) in [5.41, 5.74) is 1.48. The van der Waals surface area contributed by atoms with E-state index in [1.165, 1.54) is 44.5 Å². The summed E-state index contributed by atoms with van der Waals surface area (Å²) in [5, 5.41) is 3.59. The van der Waals surface area contributed by atoms with E-state index in [0.29, 0.717) is 6.04 Å². The van der Waals surface area contributed by atoms with Gasteiger partial charge in [-0.05, 0) is 31.4 Å². The molecule has 3 aliphatic heterocycles. The lowest BCUT2D eigenvalue weighted by Gasteiger charge is -2.42. The van der Waals surface area contributed by atoms with Gasteiger partial charge >= 0.3 is 0 Å². The summed E-state index contributed by atoms with van der Waals surface area (Å²) >= 11 is 0. The fraction of sp³-hybridized carbons (Fsp3) is 0.647. The van der Waals surface area contributed by atoms with E-state index in [9.17, 15) is 0 Å². The third kappa shape index (κ3) is 2.18. The van der Waals surface area contributed by atoms with Crippen molar-refractivity contribution in [3.05, 3.63) is 35.9 Å². The number of hydrogen-bond acceptors (Lipinski definition) is 3. The molecule has 3 fully saturated rings. The van der Waals surface area contributed by atoms with Crippen LogP contribution < -0.4 is 5.32 Å². The van der Waals surface area contributed by atoms with E-state index in [4.69, 9.17) is 0 Å². The molecule has 108 valence electrons. The maximum absolute atomic E-state index is 3.59. The molecule has 1 aromatic rings. The molecule has 0 radical (unpaired) electrons. The zero-order valence-corrected chi connectivity index (χ0v) is 12.2. The highest BCUT2D eigenvalue weighted by Gasteiger charge is 2.42. The number of benzene rings is 1. The molecule has 0 amide bonds. The topological polar surface area (TPSA) is 18.5 Å². The Morgan fingerprint density at radius 2 is 1.85 bits per heavy atom. The van der Waals surface area contributed by atoms with Crippen LogP contribution in [0.4, 0.5) is 0 Å². The van der Waals surface area contributed by atoms with Crippen molar-refractivity contribution in [2.75, 3.05) is 32.7 Å². The van der Waals surface area contributed by atoms with Gasteiger partial charge < -0.3 is 5.32 Å². The molecule has 3 heteroatoms. The number of fused-ring (bicyclic) bond motifs is 1. The van der Waals surface area contributed by atoms with Gasteiger partial charge in [0.1, 0.15) is 0 Å². The summed E-state index contributed by atoms with van der Waals surface area (Å²) in [5.74, 6) is 0. The number of rotatable bonds is 2. The molecule has 4 rings (SSSR count). The third-order valence-electron chi connectivity index (χ3n) is 5.47. The molecule has 0 saturated carbocycles. The Kier molecular flexibility index (Phi) is 3.51. The summed E-state index contributed by atoms with van der Waals surface area (Å²) in [6.07, 6.45) is 4.19. The second-order valence-corrected chi connectivity index (χ2v) is 6.47. The third-order valence-corrected chi connectivity index (χ3v) is 5.47. The van der Waals surface area contributed by atoms with Crippen LogP contribution in [0.5, 0.6) is 0 Å². The van der Waals surface area contributed by atoms with Crippen LogP contribution >= 0.6 is 0 Å². The van der Waals surface area contributed by atoms with Gasteiger partial charge in [-0.1, -0.05) is 30.3 Å². The van der Waals surface area contributed by atoms with E-state index in [-0.39, 0.29) is 0 Å². The molecule has 3 saturated heterocycles. The summed E-state index contributed by atoms with van der Waals surface area (Å²) in [6, 6.07) is 13.3. The summed E-state index contributed by atoms with van der Waals surface area (Å²) in [7, 11) is 0. The number of hydrogen-bond donors (Lipinski definition) is 1. The Bertz CT molecular complexity index is 447. The van der Waals surface area contributed by atoms with E-state index < -0.39 is 0 Å². The van der Waals surface area contributed by atoms with E-state index in [1.54, 1.807) is 0 Å². The zero-order valence-electron chi connectivity index (χ0n) is 12.2. The molecule has 1 N–H and O–H groups in total. The molecule has 3 aliphatic rings. The molecule has 0 bridgehead atoms. The molecule has 3 nitrogen and oxygen atoms in total. The first kappa shape index (κ1) is 12.8. The van der Waals surface area contributed by atoms with Gasteiger partial charge in [-0.15, -0.1) is 0 Å². The monoisotopic (exact) mass is 271 g/mol. The molecule has 0 spiro atoms. The smallest absolute Gasteiger partial charge is 0.0476 e. The Morgan fingerprint density at radius 3 is 2.75 bits per heavy atom. The van der Waals surface area contributed by atoms with Crippen LogP contribution in [-0.4, -0.2) is 54.6 Å². The van der Waals surface area contributed by atoms with Crippen molar-refractivity contribution in [2.45, 2.75) is 37.4 Å². The fourth-order valence-electron chi connectivity index (χ4n) is 4.54. The average molecular weight is 271 g/mol. The molecule has 3 heterocycles. The zero-order chi connectivity index (χ0) is 13.4. The number of piperazine rings is 1. The predicted octanol–water partition coefficient (Wildman–Crippen LogP) is 1.87. The van der Waals surface area contributed by atoms with Gasteiger partial charge in [-0.2, -0.15) is 0 Å². The van der Waals surface area contributed by atoms with Crippen LogP contribution in [0, 0.1) is 0 Å². The lowest BCUT2D eigenvalue weighted by Crippen LogP contribution is -2.53. The van der Waals surface area contributed by atoms with Crippen molar-refractivity contribution in [3.8, 4) is 0 Å². The lowest BCUT2D eigenvalue weighted by molar-refractivity contribution is 0.0868. The minimum absolute atomic E-state index is 0.565. The molecule has 0 aromatic heterocycles. The molecule has 3 atom stereocenters. The van der Waals surface area contributed by atoms with Gasteiger partial charge in [0.05, 0.1) is 0 Å². The average Bonchev–Trinajstić information content (AvgIpc) is 3.11. The second-order valence-electron chi connectivity index (χ2n) is 6.47. The molecular formula is C17H25N3. The van der Waals surface area contributed by atoms with Crippen molar-refractivity contribution < 1.29 is 0 Å². The van der Waals surface area contributed by atoms with Gasteiger partial charge in [0.15, 0.2) is 0 Å². The minimum Gasteiger partial charge on any atom is -0.314 e. The molecule has 0 aliphatic carbocycles. The number of nitrogens with zero attached hydrogens (tertiary/aromatic N) is 2. The minimum atomic E-state index is 0.565. The molecule has 3 unspecified atom stereocenters. The Balaban J connectivity index is 1.58. The predicted molar refractivity (Wildman–Crippen MR) is 81.8 cm³/mol. The van der Waals surface area contributed by atoms with Crippen molar-refractivity contribution in [1.29, 1.82) is 0 Å². The maximum Gasteiger partial charge on any atom is 0.0476 e. The van der Waals surface area contributed by atoms with E-state index in [0.717, 1.165) is 25.2 Å². The van der Waals surface area contributed by atoms with Crippen molar-refractivity contribution in [1.82, 2.24) is 15.1 Å². The van der Waals surface area contributed by atoms with Crippen LogP contribution in [0.2, 0.25) is 0 Å². The quantitative estimate of drug-likeness (QED) is 0.886. The maximum atomic E-state index is 3.59. The van der Waals surface area contributed by atoms with Gasteiger partial charge in [-0.25, -0.2) is 0 Å². The normalized spacial score (nSPS) is 35.3. The van der Waals surface area contributed by atoms with Crippen molar-refractivity contribution in [3.63, 3.8) is 0 Å². The Hall–Kier alpha value is -0.900. The van der Waals surface area contributed by atoms with Crippen LogP contribution in [0.1, 0.15) is 30.9 Å². The van der Waals surface area contributed by atoms with Gasteiger partial charge in [0, 0.05) is 44.3 Å². The highest BCUT2D eigenvalue weighted by Crippen LogP contribution is 2.35. The van der Waals surface area contributed by atoms with Crippen molar-refractivity contribution in [2.24, 2.45) is 0 Å². The highest BCUT2D eigenvalue weighted by molar-refractivity contribution is 5.21. The van der Waals surface area contributed by atoms with Crippen LogP contribution in [0.3, 0.4) is 0 Å². The highest BCUT2D eigenvalue weighted by atomic mass is 15.3. The van der Waals surface area contributed by atoms with E-state index >= 15 is 0 Å². The first-order valence-corrected chi connectivity index (χ1v) is 8.19. The summed E-state index contributed by atoms with van der Waals surface area (Å²) < 4.78 is 0. The van der Waals surface area contributed by atoms with E-state index in [2.05, 4.69) is 45.4 Å². The van der Waals surface area contributed by atoms with Crippen LogP contribution in [-0.2, 0) is 0 Å². The van der Waals surface area contributed by atoms with Crippen LogP contribution in [0.25, 0.3) is 0 Å². The second kappa shape index (κ2) is 5.47. The first-order chi connectivity index (χ1) is 9.93. The van der Waals surface area contributed by atoms with Gasteiger partial charge in [-0.3, -0.25) is 9.80 Å². The standard InChI is InChI=1S/C17H25N3/c1-2-5-14(6-3-1)17-13-18-9-12-20(17)16-8-11-19-10-4-7-15(16)19/h1-3,5-6,15-18H,4,7-13H2. The van der Waals surface area contributed by atoms with E-state index in [1.807, 2.05) is 0 Å². The summed E-state index contributed by atoms with van der Waals surface area (Å²) in [6.45, 7) is 6.11. The first-order valence-electron chi connectivity index (χ1n) is 8.19.